The topological polar surface area (TPSA) is 15.3 Å². The minimum atomic E-state index is 0.494. The molecule has 0 saturated carbocycles. The average Bonchev–Trinajstić information content (AvgIpc) is 2.20. The Balaban J connectivity index is 2.31. The minimum Gasteiger partial charge on any atom is -0.362 e. The van der Waals surface area contributed by atoms with Crippen LogP contribution in [0.25, 0.3) is 0 Å². The van der Waals surface area contributed by atoms with Gasteiger partial charge in [0.2, 0.25) is 0 Å². The van der Waals surface area contributed by atoms with E-state index in [4.69, 9.17) is 11.6 Å². The summed E-state index contributed by atoms with van der Waals surface area (Å²) >= 11 is 6.23. The van der Waals surface area contributed by atoms with Crippen molar-refractivity contribution in [3.05, 3.63) is 29.3 Å². The van der Waals surface area contributed by atoms with Gasteiger partial charge in [-0.2, -0.15) is 0 Å². The first-order valence-electron chi connectivity index (χ1n) is 5.43. The van der Waals surface area contributed by atoms with Crippen LogP contribution in [0.15, 0.2) is 24.3 Å². The van der Waals surface area contributed by atoms with E-state index in [0.717, 1.165) is 23.8 Å². The third-order valence-electron chi connectivity index (χ3n) is 2.96. The zero-order valence-corrected chi connectivity index (χ0v) is 9.96. The van der Waals surface area contributed by atoms with Gasteiger partial charge < -0.3 is 10.2 Å². The van der Waals surface area contributed by atoms with Gasteiger partial charge in [-0.25, -0.2) is 0 Å². The summed E-state index contributed by atoms with van der Waals surface area (Å²) in [4.78, 5) is 2.40. The number of nitrogens with one attached hydrogen (secondary N) is 1. The highest BCUT2D eigenvalue weighted by atomic mass is 35.5. The smallest absolute Gasteiger partial charge is 0.0639 e. The Morgan fingerprint density at radius 1 is 1.20 bits per heavy atom. The highest BCUT2D eigenvalue weighted by Gasteiger charge is 2.25. The monoisotopic (exact) mass is 224 g/mol. The van der Waals surface area contributed by atoms with E-state index in [2.05, 4.69) is 30.1 Å². The summed E-state index contributed by atoms with van der Waals surface area (Å²) in [7, 11) is 0. The Morgan fingerprint density at radius 2 is 1.80 bits per heavy atom. The first kappa shape index (κ1) is 10.8. The molecule has 1 N–H and O–H groups in total. The third kappa shape index (κ3) is 2.11. The van der Waals surface area contributed by atoms with Crippen LogP contribution in [0.2, 0.25) is 5.02 Å². The first-order chi connectivity index (χ1) is 7.20. The van der Waals surface area contributed by atoms with Crippen LogP contribution in [0.4, 0.5) is 5.69 Å². The molecule has 0 aliphatic carbocycles. The fourth-order valence-corrected chi connectivity index (χ4v) is 2.50. The Labute approximate surface area is 96.2 Å². The molecular formula is C12H17ClN2. The van der Waals surface area contributed by atoms with Gasteiger partial charge >= 0.3 is 0 Å². The van der Waals surface area contributed by atoms with Crippen molar-refractivity contribution in [1.29, 1.82) is 0 Å². The molecule has 0 bridgehead atoms. The highest BCUT2D eigenvalue weighted by molar-refractivity contribution is 6.33. The fourth-order valence-electron chi connectivity index (χ4n) is 2.27. The van der Waals surface area contributed by atoms with Gasteiger partial charge in [0, 0.05) is 25.2 Å². The van der Waals surface area contributed by atoms with Crippen LogP contribution in [-0.2, 0) is 0 Å². The molecule has 2 rings (SSSR count). The molecule has 1 aromatic carbocycles. The van der Waals surface area contributed by atoms with Gasteiger partial charge in [-0.3, -0.25) is 0 Å². The van der Waals surface area contributed by atoms with E-state index in [-0.39, 0.29) is 0 Å². The van der Waals surface area contributed by atoms with Crippen LogP contribution < -0.4 is 10.2 Å². The zero-order valence-electron chi connectivity index (χ0n) is 9.20. The van der Waals surface area contributed by atoms with Crippen molar-refractivity contribution in [3.63, 3.8) is 0 Å². The van der Waals surface area contributed by atoms with Gasteiger partial charge in [-0.15, -0.1) is 0 Å². The standard InChI is InChI=1S/C12H17ClN2/c1-9-7-14-8-10(2)15(9)12-6-4-3-5-11(12)13/h3-6,9-10,14H,7-8H2,1-2H3/t9-,10-/m1/s1. The Morgan fingerprint density at radius 3 is 2.40 bits per heavy atom. The number of hydrogen-bond acceptors (Lipinski definition) is 2. The summed E-state index contributed by atoms with van der Waals surface area (Å²) in [5.74, 6) is 0. The van der Waals surface area contributed by atoms with Crippen molar-refractivity contribution in [2.24, 2.45) is 0 Å². The number of rotatable bonds is 1. The maximum atomic E-state index is 6.23. The quantitative estimate of drug-likeness (QED) is 0.789. The number of nitrogens with zero attached hydrogens (tertiary/aromatic N) is 1. The lowest BCUT2D eigenvalue weighted by atomic mass is 10.1. The summed E-state index contributed by atoms with van der Waals surface area (Å²) < 4.78 is 0. The van der Waals surface area contributed by atoms with Crippen LogP contribution in [0, 0.1) is 0 Å². The molecular weight excluding hydrogens is 208 g/mol. The van der Waals surface area contributed by atoms with E-state index in [1.54, 1.807) is 0 Å². The molecule has 1 aliphatic heterocycles. The molecule has 0 radical (unpaired) electrons. The molecule has 3 heteroatoms. The Hall–Kier alpha value is -0.730. The molecule has 1 aliphatic rings. The van der Waals surface area contributed by atoms with Gasteiger partial charge in [0.25, 0.3) is 0 Å². The van der Waals surface area contributed by atoms with Crippen LogP contribution in [0.3, 0.4) is 0 Å². The van der Waals surface area contributed by atoms with Crippen molar-refractivity contribution in [1.82, 2.24) is 5.32 Å². The van der Waals surface area contributed by atoms with E-state index in [9.17, 15) is 0 Å². The summed E-state index contributed by atoms with van der Waals surface area (Å²) in [6, 6.07) is 9.06. The Kier molecular flexibility index (Phi) is 3.17. The zero-order chi connectivity index (χ0) is 10.8. The van der Waals surface area contributed by atoms with Crippen molar-refractivity contribution in [3.8, 4) is 0 Å². The second kappa shape index (κ2) is 4.42. The minimum absolute atomic E-state index is 0.494. The lowest BCUT2D eigenvalue weighted by molar-refractivity contribution is 0.432. The van der Waals surface area contributed by atoms with E-state index in [0.29, 0.717) is 12.1 Å². The summed E-state index contributed by atoms with van der Waals surface area (Å²) in [6.07, 6.45) is 0. The predicted molar refractivity (Wildman–Crippen MR) is 65.7 cm³/mol. The van der Waals surface area contributed by atoms with E-state index < -0.39 is 0 Å². The van der Waals surface area contributed by atoms with Crippen molar-refractivity contribution in [2.45, 2.75) is 25.9 Å². The fraction of sp³-hybridized carbons (Fsp3) is 0.500. The molecule has 2 atom stereocenters. The second-order valence-electron chi connectivity index (χ2n) is 4.21. The van der Waals surface area contributed by atoms with E-state index in [1.165, 1.54) is 0 Å². The van der Waals surface area contributed by atoms with Crippen molar-refractivity contribution < 1.29 is 0 Å². The van der Waals surface area contributed by atoms with E-state index in [1.807, 2.05) is 18.2 Å². The molecule has 1 saturated heterocycles. The number of anilines is 1. The molecule has 15 heavy (non-hydrogen) atoms. The van der Waals surface area contributed by atoms with Gasteiger partial charge in [0.15, 0.2) is 0 Å². The van der Waals surface area contributed by atoms with Gasteiger partial charge in [0.1, 0.15) is 0 Å². The number of piperazine rings is 1. The van der Waals surface area contributed by atoms with Crippen molar-refractivity contribution in [2.75, 3.05) is 18.0 Å². The molecule has 0 aromatic heterocycles. The molecule has 1 fully saturated rings. The van der Waals surface area contributed by atoms with Crippen LogP contribution >= 0.6 is 11.6 Å². The van der Waals surface area contributed by atoms with Crippen LogP contribution in [0.1, 0.15) is 13.8 Å². The average molecular weight is 225 g/mol. The molecule has 0 unspecified atom stereocenters. The first-order valence-corrected chi connectivity index (χ1v) is 5.81. The normalized spacial score (nSPS) is 26.7. The third-order valence-corrected chi connectivity index (χ3v) is 3.28. The lowest BCUT2D eigenvalue weighted by Crippen LogP contribution is -2.55. The molecule has 0 spiro atoms. The number of para-hydroxylation sites is 1. The van der Waals surface area contributed by atoms with Crippen LogP contribution in [-0.4, -0.2) is 25.2 Å². The number of benzene rings is 1. The van der Waals surface area contributed by atoms with E-state index >= 15 is 0 Å². The number of halogens is 1. The van der Waals surface area contributed by atoms with Crippen molar-refractivity contribution >= 4 is 17.3 Å². The summed E-state index contributed by atoms with van der Waals surface area (Å²) in [5.41, 5.74) is 1.15. The largest absolute Gasteiger partial charge is 0.362 e. The lowest BCUT2D eigenvalue weighted by Gasteiger charge is -2.41. The predicted octanol–water partition coefficient (Wildman–Crippen LogP) is 2.53. The van der Waals surface area contributed by atoms with Gasteiger partial charge in [0.05, 0.1) is 10.7 Å². The maximum absolute atomic E-state index is 6.23. The molecule has 2 nitrogen and oxygen atoms in total. The SMILES string of the molecule is C[C@@H]1CNC[C@@H](C)N1c1ccccc1Cl. The molecule has 82 valence electrons. The Bertz CT molecular complexity index is 330. The molecule has 1 heterocycles. The molecule has 1 aromatic rings. The number of hydrogen-bond donors (Lipinski definition) is 1. The van der Waals surface area contributed by atoms with Gasteiger partial charge in [-0.05, 0) is 26.0 Å². The summed E-state index contributed by atoms with van der Waals surface area (Å²) in [6.45, 7) is 6.50. The van der Waals surface area contributed by atoms with Crippen LogP contribution in [0.5, 0.6) is 0 Å². The highest BCUT2D eigenvalue weighted by Crippen LogP contribution is 2.29. The second-order valence-corrected chi connectivity index (χ2v) is 4.62. The summed E-state index contributed by atoms with van der Waals surface area (Å²) in [5, 5.41) is 4.26. The molecule has 0 amide bonds. The maximum Gasteiger partial charge on any atom is 0.0639 e. The van der Waals surface area contributed by atoms with Gasteiger partial charge in [-0.1, -0.05) is 23.7 Å².